The molecule has 2 aromatic carbocycles. The van der Waals surface area contributed by atoms with E-state index < -0.39 is 6.10 Å². The van der Waals surface area contributed by atoms with Crippen LogP contribution < -0.4 is 10.1 Å². The molecule has 0 aliphatic carbocycles. The van der Waals surface area contributed by atoms with Gasteiger partial charge in [-0.25, -0.2) is 0 Å². The molecule has 2 aromatic rings. The normalized spacial score (nSPS) is 12.3. The quantitative estimate of drug-likeness (QED) is 0.778. The Morgan fingerprint density at radius 1 is 0.875 bits per heavy atom. The number of ether oxygens (including phenoxy) is 1. The predicted octanol–water partition coefficient (Wildman–Crippen LogP) is 5.34. The lowest BCUT2D eigenvalue weighted by Crippen LogP contribution is -2.30. The Labute approximate surface area is 145 Å². The lowest BCUT2D eigenvalue weighted by atomic mass is 10.0. The van der Waals surface area contributed by atoms with E-state index in [0.717, 1.165) is 17.0 Å². The molecular weight excluding hydrogens is 298 g/mol. The molecule has 0 unspecified atom stereocenters. The highest BCUT2D eigenvalue weighted by Crippen LogP contribution is 2.27. The van der Waals surface area contributed by atoms with E-state index in [0.29, 0.717) is 11.8 Å². The van der Waals surface area contributed by atoms with Crippen LogP contribution in [-0.4, -0.2) is 12.0 Å². The van der Waals surface area contributed by atoms with Crippen molar-refractivity contribution in [1.29, 1.82) is 0 Å². The van der Waals surface area contributed by atoms with Crippen LogP contribution in [0, 0.1) is 0 Å². The van der Waals surface area contributed by atoms with Crippen molar-refractivity contribution in [3.05, 3.63) is 59.7 Å². The van der Waals surface area contributed by atoms with E-state index >= 15 is 0 Å². The topological polar surface area (TPSA) is 38.3 Å². The van der Waals surface area contributed by atoms with Crippen molar-refractivity contribution in [3.8, 4) is 5.75 Å². The number of para-hydroxylation sites is 1. The van der Waals surface area contributed by atoms with Gasteiger partial charge < -0.3 is 10.1 Å². The number of hydrogen-bond donors (Lipinski definition) is 1. The summed E-state index contributed by atoms with van der Waals surface area (Å²) in [6, 6.07) is 15.8. The van der Waals surface area contributed by atoms with Crippen LogP contribution >= 0.6 is 0 Å². The molecule has 0 aliphatic heterocycles. The maximum absolute atomic E-state index is 12.4. The molecule has 0 saturated heterocycles. The highest BCUT2D eigenvalue weighted by atomic mass is 16.5. The molecule has 0 spiro atoms. The number of anilines is 1. The Morgan fingerprint density at radius 2 is 1.50 bits per heavy atom. The molecule has 0 aromatic heterocycles. The maximum atomic E-state index is 12.4. The number of amides is 1. The number of carbonyl (C=O) groups excluding carboxylic acids is 1. The number of nitrogens with one attached hydrogen (secondary N) is 1. The zero-order valence-corrected chi connectivity index (χ0v) is 15.2. The highest BCUT2D eigenvalue weighted by Gasteiger charge is 2.17. The van der Waals surface area contributed by atoms with Crippen LogP contribution in [0.5, 0.6) is 5.75 Å². The molecule has 1 atom stereocenters. The minimum absolute atomic E-state index is 0.147. The Hall–Kier alpha value is -2.29. The molecule has 128 valence electrons. The first kappa shape index (κ1) is 18.1. The van der Waals surface area contributed by atoms with Crippen molar-refractivity contribution >= 4 is 11.6 Å². The second-order valence-corrected chi connectivity index (χ2v) is 6.72. The van der Waals surface area contributed by atoms with Gasteiger partial charge in [0.05, 0.1) is 0 Å². The van der Waals surface area contributed by atoms with Gasteiger partial charge in [0.1, 0.15) is 5.75 Å². The molecule has 0 fully saturated rings. The zero-order chi connectivity index (χ0) is 17.7. The number of carbonyl (C=O) groups is 1. The van der Waals surface area contributed by atoms with E-state index in [2.05, 4.69) is 33.0 Å². The first-order valence-corrected chi connectivity index (χ1v) is 8.55. The molecule has 3 heteroatoms. The minimum Gasteiger partial charge on any atom is -0.481 e. The van der Waals surface area contributed by atoms with Gasteiger partial charge in [-0.05, 0) is 48.1 Å². The van der Waals surface area contributed by atoms with Gasteiger partial charge in [-0.15, -0.1) is 0 Å². The molecule has 24 heavy (non-hydrogen) atoms. The van der Waals surface area contributed by atoms with Crippen LogP contribution in [0.4, 0.5) is 5.69 Å². The summed E-state index contributed by atoms with van der Waals surface area (Å²) in [5.41, 5.74) is 3.15. The lowest BCUT2D eigenvalue weighted by molar-refractivity contribution is -0.122. The van der Waals surface area contributed by atoms with Crippen LogP contribution in [0.25, 0.3) is 0 Å². The van der Waals surface area contributed by atoms with E-state index in [1.54, 1.807) is 6.92 Å². The van der Waals surface area contributed by atoms with Crippen LogP contribution in [-0.2, 0) is 4.79 Å². The van der Waals surface area contributed by atoms with E-state index in [-0.39, 0.29) is 5.91 Å². The van der Waals surface area contributed by atoms with Crippen LogP contribution in [0.1, 0.15) is 57.6 Å². The van der Waals surface area contributed by atoms with Gasteiger partial charge in [-0.3, -0.25) is 4.79 Å². The van der Waals surface area contributed by atoms with Crippen molar-refractivity contribution < 1.29 is 9.53 Å². The fraction of sp³-hybridized carbons (Fsp3) is 0.381. The fourth-order valence-corrected chi connectivity index (χ4v) is 2.50. The van der Waals surface area contributed by atoms with E-state index in [1.807, 2.05) is 48.5 Å². The highest BCUT2D eigenvalue weighted by molar-refractivity contribution is 5.94. The van der Waals surface area contributed by atoms with Gasteiger partial charge in [-0.1, -0.05) is 58.0 Å². The van der Waals surface area contributed by atoms with Crippen LogP contribution in [0.15, 0.2) is 48.5 Å². The van der Waals surface area contributed by atoms with Crippen molar-refractivity contribution in [1.82, 2.24) is 0 Å². The minimum atomic E-state index is -0.560. The Morgan fingerprint density at radius 3 is 2.08 bits per heavy atom. The molecule has 0 bridgehead atoms. The predicted molar refractivity (Wildman–Crippen MR) is 99.8 cm³/mol. The molecule has 0 radical (unpaired) electrons. The van der Waals surface area contributed by atoms with Gasteiger partial charge >= 0.3 is 0 Å². The van der Waals surface area contributed by atoms with Gasteiger partial charge in [0.2, 0.25) is 0 Å². The van der Waals surface area contributed by atoms with Crippen LogP contribution in [0.2, 0.25) is 0 Å². The molecule has 3 nitrogen and oxygen atoms in total. The summed E-state index contributed by atoms with van der Waals surface area (Å²) in [6.45, 7) is 10.3. The van der Waals surface area contributed by atoms with Crippen molar-refractivity contribution in [2.75, 3.05) is 5.32 Å². The fourth-order valence-electron chi connectivity index (χ4n) is 2.50. The summed E-state index contributed by atoms with van der Waals surface area (Å²) < 4.78 is 5.89. The first-order valence-electron chi connectivity index (χ1n) is 8.55. The first-order chi connectivity index (χ1) is 11.4. The third kappa shape index (κ3) is 4.60. The second-order valence-electron chi connectivity index (χ2n) is 6.72. The Kier molecular flexibility index (Phi) is 6.02. The van der Waals surface area contributed by atoms with E-state index in [1.165, 1.54) is 5.56 Å². The van der Waals surface area contributed by atoms with E-state index in [9.17, 15) is 4.79 Å². The molecule has 1 N–H and O–H groups in total. The number of rotatable bonds is 6. The standard InChI is InChI=1S/C21H27NO2/c1-14(2)17-10-12-18(13-11-17)22-21(23)16(5)24-20-9-7-6-8-19(20)15(3)4/h6-16H,1-5H3,(H,22,23)/t16-/m1/s1. The summed E-state index contributed by atoms with van der Waals surface area (Å²) in [5, 5.41) is 2.91. The van der Waals surface area contributed by atoms with Gasteiger partial charge in [-0.2, -0.15) is 0 Å². The summed E-state index contributed by atoms with van der Waals surface area (Å²) >= 11 is 0. The largest absolute Gasteiger partial charge is 0.481 e. The molecule has 2 rings (SSSR count). The van der Waals surface area contributed by atoms with Crippen molar-refractivity contribution in [3.63, 3.8) is 0 Å². The van der Waals surface area contributed by atoms with Gasteiger partial charge in [0.25, 0.3) is 5.91 Å². The van der Waals surface area contributed by atoms with Gasteiger partial charge in [0.15, 0.2) is 6.10 Å². The summed E-state index contributed by atoms with van der Waals surface area (Å²) in [4.78, 5) is 12.4. The molecule has 0 saturated carbocycles. The second kappa shape index (κ2) is 8.00. The SMILES string of the molecule is CC(C)c1ccc(NC(=O)[C@@H](C)Oc2ccccc2C(C)C)cc1. The van der Waals surface area contributed by atoms with Crippen molar-refractivity contribution in [2.45, 2.75) is 52.6 Å². The average Bonchev–Trinajstić information content (AvgIpc) is 2.55. The molecule has 0 aliphatic rings. The van der Waals surface area contributed by atoms with E-state index in [4.69, 9.17) is 4.74 Å². The number of benzene rings is 2. The Balaban J connectivity index is 2.02. The smallest absolute Gasteiger partial charge is 0.265 e. The maximum Gasteiger partial charge on any atom is 0.265 e. The third-order valence-electron chi connectivity index (χ3n) is 4.06. The lowest BCUT2D eigenvalue weighted by Gasteiger charge is -2.19. The van der Waals surface area contributed by atoms with Crippen molar-refractivity contribution in [2.24, 2.45) is 0 Å². The molecular formula is C21H27NO2. The number of hydrogen-bond acceptors (Lipinski definition) is 2. The van der Waals surface area contributed by atoms with Gasteiger partial charge in [0, 0.05) is 5.69 Å². The zero-order valence-electron chi connectivity index (χ0n) is 15.2. The third-order valence-corrected chi connectivity index (χ3v) is 4.06. The average molecular weight is 325 g/mol. The van der Waals surface area contributed by atoms with Crippen LogP contribution in [0.3, 0.4) is 0 Å². The Bertz CT molecular complexity index is 674. The summed E-state index contributed by atoms with van der Waals surface area (Å²) in [6.07, 6.45) is -0.560. The monoisotopic (exact) mass is 325 g/mol. The molecule has 0 heterocycles. The summed E-state index contributed by atoms with van der Waals surface area (Å²) in [7, 11) is 0. The molecule has 1 amide bonds. The summed E-state index contributed by atoms with van der Waals surface area (Å²) in [5.74, 6) is 1.45.